The second-order valence-electron chi connectivity index (χ2n) is 6.69. The molecule has 0 saturated carbocycles. The van der Waals surface area contributed by atoms with Crippen molar-refractivity contribution in [2.45, 2.75) is 26.4 Å². The normalized spacial score (nSPS) is 14.6. The predicted octanol–water partition coefficient (Wildman–Crippen LogP) is 5.61. The molecule has 1 heterocycles. The Bertz CT molecular complexity index is 1060. The number of carbonyl (C=O) groups excluding carboxylic acids is 1. The molecule has 3 aromatic carbocycles. The molecule has 0 aromatic heterocycles. The summed E-state index contributed by atoms with van der Waals surface area (Å²) in [5.41, 5.74) is 1.31. The second-order valence-corrected chi connectivity index (χ2v) is 6.69. The minimum Gasteiger partial charge on any atom is -0.496 e. The van der Waals surface area contributed by atoms with Gasteiger partial charge in [0.2, 0.25) is 5.75 Å². The van der Waals surface area contributed by atoms with Crippen molar-refractivity contribution in [2.75, 3.05) is 28.4 Å². The highest BCUT2D eigenvalue weighted by Gasteiger charge is 2.31. The first-order valence-corrected chi connectivity index (χ1v) is 10.2. The van der Waals surface area contributed by atoms with E-state index in [1.54, 1.807) is 34.5 Å². The van der Waals surface area contributed by atoms with Crippen LogP contribution < -0.4 is 23.7 Å². The third-order valence-electron chi connectivity index (χ3n) is 5.17. The first kappa shape index (κ1) is 22.3. The fourth-order valence-electron chi connectivity index (χ4n) is 3.75. The molecule has 6 nitrogen and oxygen atoms in total. The Labute approximate surface area is 182 Å². The number of hydrogen-bond acceptors (Lipinski definition) is 6. The number of ketones is 1. The number of fused-ring (bicyclic) bond motifs is 3. The Morgan fingerprint density at radius 3 is 1.94 bits per heavy atom. The van der Waals surface area contributed by atoms with Crippen LogP contribution >= 0.6 is 0 Å². The predicted molar refractivity (Wildman–Crippen MR) is 120 cm³/mol. The largest absolute Gasteiger partial charge is 0.496 e. The lowest BCUT2D eigenvalue weighted by atomic mass is 9.93. The van der Waals surface area contributed by atoms with E-state index in [1.165, 1.54) is 0 Å². The lowest BCUT2D eigenvalue weighted by Crippen LogP contribution is -2.21. The van der Waals surface area contributed by atoms with Crippen molar-refractivity contribution in [1.29, 1.82) is 0 Å². The van der Waals surface area contributed by atoms with Crippen molar-refractivity contribution >= 4 is 16.6 Å². The van der Waals surface area contributed by atoms with Crippen LogP contribution in [-0.2, 0) is 0 Å². The molecule has 1 aliphatic heterocycles. The minimum atomic E-state index is -0.472. The summed E-state index contributed by atoms with van der Waals surface area (Å²) >= 11 is 0. The third kappa shape index (κ3) is 3.98. The molecule has 1 aliphatic rings. The zero-order chi connectivity index (χ0) is 22.5. The molecule has 1 atom stereocenters. The smallest absolute Gasteiger partial charge is 0.203 e. The number of methoxy groups -OCH3 is 4. The van der Waals surface area contributed by atoms with E-state index in [9.17, 15) is 4.79 Å². The second kappa shape index (κ2) is 9.60. The summed E-state index contributed by atoms with van der Waals surface area (Å²) in [6.07, 6.45) is -0.270. The van der Waals surface area contributed by atoms with Crippen molar-refractivity contribution in [1.82, 2.24) is 0 Å². The minimum absolute atomic E-state index is 0.00550. The van der Waals surface area contributed by atoms with Gasteiger partial charge in [0, 0.05) is 16.3 Å². The van der Waals surface area contributed by atoms with Gasteiger partial charge in [-0.15, -0.1) is 0 Å². The molecule has 6 heteroatoms. The average molecular weight is 424 g/mol. The van der Waals surface area contributed by atoms with Gasteiger partial charge in [-0.1, -0.05) is 38.1 Å². The third-order valence-corrected chi connectivity index (χ3v) is 5.17. The van der Waals surface area contributed by atoms with Crippen molar-refractivity contribution in [2.24, 2.45) is 0 Å². The highest BCUT2D eigenvalue weighted by Crippen LogP contribution is 2.46. The number of Topliss-reactive ketones (excluding diaryl/α,β-unsaturated/α-hetero) is 1. The van der Waals surface area contributed by atoms with Gasteiger partial charge in [-0.3, -0.25) is 4.79 Å². The van der Waals surface area contributed by atoms with E-state index in [1.807, 2.05) is 50.2 Å². The summed E-state index contributed by atoms with van der Waals surface area (Å²) in [6.45, 7) is 4.00. The van der Waals surface area contributed by atoms with Gasteiger partial charge in [0.1, 0.15) is 17.6 Å². The molecule has 4 rings (SSSR count). The molecule has 3 aromatic rings. The molecule has 31 heavy (non-hydrogen) atoms. The maximum atomic E-state index is 13.0. The molecule has 0 aliphatic carbocycles. The fourth-order valence-corrected chi connectivity index (χ4v) is 3.75. The van der Waals surface area contributed by atoms with Crippen LogP contribution in [0.15, 0.2) is 42.5 Å². The van der Waals surface area contributed by atoms with Gasteiger partial charge in [-0.25, -0.2) is 0 Å². The van der Waals surface area contributed by atoms with E-state index in [0.29, 0.717) is 34.3 Å². The molecule has 0 radical (unpaired) electrons. The van der Waals surface area contributed by atoms with Gasteiger partial charge in [0.05, 0.1) is 40.4 Å². The quantitative estimate of drug-likeness (QED) is 0.531. The number of hydrogen-bond donors (Lipinski definition) is 0. The van der Waals surface area contributed by atoms with Crippen molar-refractivity contribution in [3.63, 3.8) is 0 Å². The molecular weight excluding hydrogens is 396 g/mol. The summed E-state index contributed by atoms with van der Waals surface area (Å²) in [5, 5.41) is 1.74. The van der Waals surface area contributed by atoms with Gasteiger partial charge < -0.3 is 23.7 Å². The number of rotatable bonds is 5. The van der Waals surface area contributed by atoms with Crippen LogP contribution in [0.4, 0.5) is 0 Å². The molecule has 0 amide bonds. The van der Waals surface area contributed by atoms with E-state index in [-0.39, 0.29) is 12.2 Å². The van der Waals surface area contributed by atoms with Crippen LogP contribution in [0.25, 0.3) is 10.8 Å². The van der Waals surface area contributed by atoms with Gasteiger partial charge >= 0.3 is 0 Å². The molecule has 0 fully saturated rings. The summed E-state index contributed by atoms with van der Waals surface area (Å²) < 4.78 is 28.1. The Kier molecular flexibility index (Phi) is 6.90. The van der Waals surface area contributed by atoms with Gasteiger partial charge in [0.15, 0.2) is 17.3 Å². The van der Waals surface area contributed by atoms with Crippen LogP contribution in [0.2, 0.25) is 0 Å². The van der Waals surface area contributed by atoms with Gasteiger partial charge in [-0.05, 0) is 18.2 Å². The first-order chi connectivity index (χ1) is 15.1. The zero-order valence-corrected chi connectivity index (χ0v) is 18.8. The van der Waals surface area contributed by atoms with Crippen LogP contribution in [0.5, 0.6) is 28.7 Å². The molecule has 164 valence electrons. The lowest BCUT2D eigenvalue weighted by molar-refractivity contribution is 0.0852. The lowest BCUT2D eigenvalue weighted by Gasteiger charge is -2.28. The van der Waals surface area contributed by atoms with Crippen LogP contribution in [0.1, 0.15) is 42.3 Å². The van der Waals surface area contributed by atoms with E-state index < -0.39 is 6.10 Å². The number of ether oxygens (including phenoxy) is 5. The topological polar surface area (TPSA) is 63.2 Å². The summed E-state index contributed by atoms with van der Waals surface area (Å²) in [7, 11) is 6.27. The van der Waals surface area contributed by atoms with Gasteiger partial charge in [-0.2, -0.15) is 0 Å². The SMILES string of the molecule is CC.COc1cc(C2CC(=O)c3cc(OC)c4ccccc4c3O2)cc(OC)c1OC. The highest BCUT2D eigenvalue weighted by molar-refractivity contribution is 6.08. The Morgan fingerprint density at radius 1 is 0.806 bits per heavy atom. The van der Waals surface area contributed by atoms with E-state index in [4.69, 9.17) is 23.7 Å². The molecule has 1 unspecified atom stereocenters. The van der Waals surface area contributed by atoms with Gasteiger partial charge in [0.25, 0.3) is 0 Å². The standard InChI is InChI=1S/C23H22O6.C2H6/c1-25-19-11-16-17(24)12-18(29-22(16)15-8-6-5-7-14(15)19)13-9-20(26-2)23(28-4)21(10-13)27-3;1-2/h5-11,18H,12H2,1-4H3;1-2H3. The Balaban J connectivity index is 0.00000132. The fraction of sp³-hybridized carbons (Fsp3) is 0.320. The van der Waals surface area contributed by atoms with Crippen LogP contribution in [0.3, 0.4) is 0 Å². The molecule has 0 bridgehead atoms. The van der Waals surface area contributed by atoms with E-state index in [0.717, 1.165) is 16.3 Å². The molecule has 0 saturated heterocycles. The van der Waals surface area contributed by atoms with Crippen molar-refractivity contribution in [3.8, 4) is 28.7 Å². The summed E-state index contributed by atoms with van der Waals surface area (Å²) in [5.74, 6) is 2.75. The molecular formula is C25H28O6. The molecule has 0 spiro atoms. The van der Waals surface area contributed by atoms with E-state index >= 15 is 0 Å². The van der Waals surface area contributed by atoms with Crippen LogP contribution in [-0.4, -0.2) is 34.2 Å². The van der Waals surface area contributed by atoms with E-state index in [2.05, 4.69) is 0 Å². The maximum absolute atomic E-state index is 13.0. The van der Waals surface area contributed by atoms with Crippen molar-refractivity contribution in [3.05, 3.63) is 53.6 Å². The number of benzene rings is 3. The highest BCUT2D eigenvalue weighted by atomic mass is 16.5. The Hall–Kier alpha value is -3.41. The monoisotopic (exact) mass is 424 g/mol. The average Bonchev–Trinajstić information content (AvgIpc) is 2.83. The summed E-state index contributed by atoms with van der Waals surface area (Å²) in [4.78, 5) is 13.0. The molecule has 0 N–H and O–H groups in total. The Morgan fingerprint density at radius 2 is 1.39 bits per heavy atom. The number of carbonyl (C=O) groups is 1. The van der Waals surface area contributed by atoms with Crippen molar-refractivity contribution < 1.29 is 28.5 Å². The maximum Gasteiger partial charge on any atom is 0.203 e. The summed E-state index contributed by atoms with van der Waals surface area (Å²) in [6, 6.07) is 13.1. The first-order valence-electron chi connectivity index (χ1n) is 10.2. The zero-order valence-electron chi connectivity index (χ0n) is 18.8. The van der Waals surface area contributed by atoms with Crippen LogP contribution in [0, 0.1) is 0 Å².